The largest absolute Gasteiger partial charge is 0.332 e. The molecule has 0 fully saturated rings. The first-order valence-corrected chi connectivity index (χ1v) is 4.92. The summed E-state index contributed by atoms with van der Waals surface area (Å²) >= 11 is 0. The lowest BCUT2D eigenvalue weighted by Crippen LogP contribution is -2.25. The van der Waals surface area contributed by atoms with Gasteiger partial charge in [-0.2, -0.15) is 0 Å². The van der Waals surface area contributed by atoms with Crippen molar-refractivity contribution in [3.63, 3.8) is 0 Å². The van der Waals surface area contributed by atoms with E-state index in [4.69, 9.17) is 5.73 Å². The predicted molar refractivity (Wildman–Crippen MR) is 55.0 cm³/mol. The lowest BCUT2D eigenvalue weighted by Gasteiger charge is -2.11. The predicted octanol–water partition coefficient (Wildman–Crippen LogP) is 0.978. The maximum atomic E-state index is 11.9. The van der Waals surface area contributed by atoms with Crippen LogP contribution in [0.4, 0.5) is 0 Å². The molecule has 0 radical (unpaired) electrons. The van der Waals surface area contributed by atoms with Gasteiger partial charge in [0, 0.05) is 31.9 Å². The molecule has 0 aliphatic heterocycles. The number of rotatable bonds is 5. The summed E-state index contributed by atoms with van der Waals surface area (Å²) in [7, 11) is 1.82. The minimum atomic E-state index is -0.0823. The Morgan fingerprint density at radius 3 is 2.86 bits per heavy atom. The number of aryl methyl sites for hydroxylation is 1. The van der Waals surface area contributed by atoms with Crippen molar-refractivity contribution in [1.29, 1.82) is 0 Å². The van der Waals surface area contributed by atoms with Gasteiger partial charge in [0.1, 0.15) is 0 Å². The Morgan fingerprint density at radius 2 is 2.43 bits per heavy atom. The van der Waals surface area contributed by atoms with Gasteiger partial charge in [0.25, 0.3) is 0 Å². The van der Waals surface area contributed by atoms with Crippen molar-refractivity contribution < 1.29 is 4.79 Å². The van der Waals surface area contributed by atoms with E-state index in [-0.39, 0.29) is 11.7 Å². The van der Waals surface area contributed by atoms with E-state index in [1.54, 1.807) is 17.0 Å². The third-order valence-corrected chi connectivity index (χ3v) is 2.33. The summed E-state index contributed by atoms with van der Waals surface area (Å²) in [5.74, 6) is 0.483. The van der Waals surface area contributed by atoms with Crippen molar-refractivity contribution in [3.8, 4) is 0 Å². The van der Waals surface area contributed by atoms with Crippen LogP contribution < -0.4 is 5.73 Å². The number of ketones is 1. The van der Waals surface area contributed by atoms with E-state index < -0.39 is 0 Å². The van der Waals surface area contributed by atoms with Gasteiger partial charge in [-0.3, -0.25) is 4.79 Å². The summed E-state index contributed by atoms with van der Waals surface area (Å²) in [5, 5.41) is 0. The molecule has 0 aliphatic rings. The van der Waals surface area contributed by atoms with Crippen molar-refractivity contribution in [2.45, 2.75) is 19.8 Å². The molecule has 1 rings (SSSR count). The molecule has 1 unspecified atom stereocenters. The first-order valence-electron chi connectivity index (χ1n) is 4.92. The summed E-state index contributed by atoms with van der Waals surface area (Å²) in [5.41, 5.74) is 5.56. The van der Waals surface area contributed by atoms with Crippen molar-refractivity contribution in [3.05, 3.63) is 18.2 Å². The average Bonchev–Trinajstić information content (AvgIpc) is 2.59. The summed E-state index contributed by atoms with van der Waals surface area (Å²) in [6.45, 7) is 2.45. The standard InChI is InChI=1S/C10H17N3O/c1-3-4-8(7-11)9(14)10-12-5-6-13(10)2/h5-6,8H,3-4,7,11H2,1-2H3. The van der Waals surface area contributed by atoms with Gasteiger partial charge in [-0.05, 0) is 6.42 Å². The Hall–Kier alpha value is -1.16. The molecule has 4 nitrogen and oxygen atoms in total. The van der Waals surface area contributed by atoms with E-state index in [9.17, 15) is 4.79 Å². The van der Waals surface area contributed by atoms with Crippen molar-refractivity contribution >= 4 is 5.78 Å². The first-order chi connectivity index (χ1) is 6.70. The number of carbonyl (C=O) groups is 1. The molecule has 78 valence electrons. The van der Waals surface area contributed by atoms with Gasteiger partial charge < -0.3 is 10.3 Å². The second kappa shape index (κ2) is 4.91. The topological polar surface area (TPSA) is 60.9 Å². The highest BCUT2D eigenvalue weighted by Gasteiger charge is 2.20. The molecule has 0 saturated carbocycles. The lowest BCUT2D eigenvalue weighted by molar-refractivity contribution is 0.0903. The second-order valence-electron chi connectivity index (χ2n) is 3.45. The zero-order valence-electron chi connectivity index (χ0n) is 8.73. The highest BCUT2D eigenvalue weighted by molar-refractivity contribution is 5.94. The number of Topliss-reactive ketones (excluding diaryl/α,β-unsaturated/α-hetero) is 1. The monoisotopic (exact) mass is 195 g/mol. The Balaban J connectivity index is 2.78. The summed E-state index contributed by atoms with van der Waals surface area (Å²) in [6.07, 6.45) is 5.21. The van der Waals surface area contributed by atoms with E-state index in [0.717, 1.165) is 12.8 Å². The maximum Gasteiger partial charge on any atom is 0.202 e. The van der Waals surface area contributed by atoms with Crippen LogP contribution in [-0.2, 0) is 7.05 Å². The lowest BCUT2D eigenvalue weighted by atomic mass is 9.98. The second-order valence-corrected chi connectivity index (χ2v) is 3.45. The summed E-state index contributed by atoms with van der Waals surface area (Å²) < 4.78 is 1.74. The van der Waals surface area contributed by atoms with Crippen LogP contribution in [-0.4, -0.2) is 21.9 Å². The number of nitrogens with zero attached hydrogens (tertiary/aromatic N) is 2. The molecule has 1 aromatic rings. The first kappa shape index (κ1) is 10.9. The zero-order chi connectivity index (χ0) is 10.6. The SMILES string of the molecule is CCCC(CN)C(=O)c1nccn1C. The van der Waals surface area contributed by atoms with Gasteiger partial charge in [0.15, 0.2) is 5.82 Å². The van der Waals surface area contributed by atoms with Crippen molar-refractivity contribution in [2.75, 3.05) is 6.54 Å². The Labute approximate surface area is 84.1 Å². The number of hydrogen-bond acceptors (Lipinski definition) is 3. The van der Waals surface area contributed by atoms with Crippen LogP contribution in [0.15, 0.2) is 12.4 Å². The molecule has 1 heterocycles. The van der Waals surface area contributed by atoms with Crippen LogP contribution in [0.5, 0.6) is 0 Å². The van der Waals surface area contributed by atoms with Crippen LogP contribution in [0.1, 0.15) is 30.4 Å². The molecule has 2 N–H and O–H groups in total. The van der Waals surface area contributed by atoms with Crippen LogP contribution >= 0.6 is 0 Å². The van der Waals surface area contributed by atoms with Gasteiger partial charge in [-0.1, -0.05) is 13.3 Å². The Kier molecular flexibility index (Phi) is 3.83. The quantitative estimate of drug-likeness (QED) is 0.712. The van der Waals surface area contributed by atoms with E-state index in [1.807, 2.05) is 14.0 Å². The molecule has 0 saturated heterocycles. The van der Waals surface area contributed by atoms with E-state index in [1.165, 1.54) is 0 Å². The smallest absolute Gasteiger partial charge is 0.202 e. The van der Waals surface area contributed by atoms with Gasteiger partial charge in [0.05, 0.1) is 0 Å². The molecular weight excluding hydrogens is 178 g/mol. The summed E-state index contributed by atoms with van der Waals surface area (Å²) in [4.78, 5) is 15.9. The van der Waals surface area contributed by atoms with E-state index in [0.29, 0.717) is 12.4 Å². The van der Waals surface area contributed by atoms with Gasteiger partial charge >= 0.3 is 0 Å². The Morgan fingerprint density at radius 1 is 1.71 bits per heavy atom. The normalized spacial score (nSPS) is 12.8. The number of aromatic nitrogens is 2. The minimum absolute atomic E-state index is 0.0573. The summed E-state index contributed by atoms with van der Waals surface area (Å²) in [6, 6.07) is 0. The van der Waals surface area contributed by atoms with Crippen molar-refractivity contribution in [2.24, 2.45) is 18.7 Å². The third-order valence-electron chi connectivity index (χ3n) is 2.33. The highest BCUT2D eigenvalue weighted by atomic mass is 16.1. The number of carbonyl (C=O) groups excluding carboxylic acids is 1. The molecule has 0 bridgehead atoms. The highest BCUT2D eigenvalue weighted by Crippen LogP contribution is 2.11. The molecule has 14 heavy (non-hydrogen) atoms. The van der Waals surface area contributed by atoms with Crippen LogP contribution in [0.3, 0.4) is 0 Å². The van der Waals surface area contributed by atoms with Crippen LogP contribution in [0.2, 0.25) is 0 Å². The molecule has 1 atom stereocenters. The van der Waals surface area contributed by atoms with Gasteiger partial charge in [0.2, 0.25) is 5.78 Å². The molecule has 0 amide bonds. The zero-order valence-corrected chi connectivity index (χ0v) is 8.73. The molecule has 4 heteroatoms. The molecule has 0 aromatic carbocycles. The molecule has 1 aromatic heterocycles. The maximum absolute atomic E-state index is 11.9. The van der Waals surface area contributed by atoms with E-state index in [2.05, 4.69) is 4.98 Å². The van der Waals surface area contributed by atoms with Crippen LogP contribution in [0.25, 0.3) is 0 Å². The molecule has 0 spiro atoms. The van der Waals surface area contributed by atoms with Gasteiger partial charge in [-0.25, -0.2) is 4.98 Å². The molecule has 0 aliphatic carbocycles. The molecular formula is C10H17N3O. The average molecular weight is 195 g/mol. The van der Waals surface area contributed by atoms with Crippen molar-refractivity contribution in [1.82, 2.24) is 9.55 Å². The van der Waals surface area contributed by atoms with Crippen LogP contribution in [0, 0.1) is 5.92 Å². The third kappa shape index (κ3) is 2.20. The number of nitrogens with two attached hydrogens (primary N) is 1. The fraction of sp³-hybridized carbons (Fsp3) is 0.600. The van der Waals surface area contributed by atoms with Gasteiger partial charge in [-0.15, -0.1) is 0 Å². The number of hydrogen-bond donors (Lipinski definition) is 1. The Bertz CT molecular complexity index is 306. The fourth-order valence-corrected chi connectivity index (χ4v) is 1.49. The van der Waals surface area contributed by atoms with E-state index >= 15 is 0 Å². The fourth-order valence-electron chi connectivity index (χ4n) is 1.49. The number of imidazole rings is 1. The minimum Gasteiger partial charge on any atom is -0.332 e.